The van der Waals surface area contributed by atoms with Crippen molar-refractivity contribution in [1.29, 1.82) is 0 Å². The van der Waals surface area contributed by atoms with Gasteiger partial charge in [0.1, 0.15) is 13.2 Å². The maximum absolute atomic E-state index is 12.8. The average Bonchev–Trinajstić information content (AvgIpc) is 3.31. The topological polar surface area (TPSA) is 78.9 Å². The van der Waals surface area contributed by atoms with Crippen LogP contribution in [0.15, 0.2) is 48.6 Å². The van der Waals surface area contributed by atoms with Gasteiger partial charge in [0.05, 0.1) is 0 Å². The van der Waals surface area contributed by atoms with E-state index in [4.69, 9.17) is 14.2 Å². The molecule has 0 heterocycles. The normalized spacial score (nSPS) is 12.3. The van der Waals surface area contributed by atoms with Gasteiger partial charge in [-0.25, -0.2) is 0 Å². The Hall–Kier alpha value is -2.63. The molecule has 0 fully saturated rings. The van der Waals surface area contributed by atoms with Crippen LogP contribution in [0.25, 0.3) is 0 Å². The third-order valence-electron chi connectivity index (χ3n) is 12.6. The van der Waals surface area contributed by atoms with Gasteiger partial charge < -0.3 is 14.2 Å². The number of ether oxygens (including phenoxy) is 3. The molecule has 0 saturated heterocycles. The Morgan fingerprint density at radius 1 is 0.303 bits per heavy atom. The maximum Gasteiger partial charge on any atom is 0.306 e. The van der Waals surface area contributed by atoms with Crippen LogP contribution < -0.4 is 0 Å². The second kappa shape index (κ2) is 55.0. The van der Waals surface area contributed by atoms with E-state index in [2.05, 4.69) is 69.4 Å². The molecule has 66 heavy (non-hydrogen) atoms. The summed E-state index contributed by atoms with van der Waals surface area (Å²) in [5.74, 6) is -0.931. The molecule has 0 spiro atoms. The van der Waals surface area contributed by atoms with Crippen LogP contribution in [-0.4, -0.2) is 37.2 Å². The summed E-state index contributed by atoms with van der Waals surface area (Å²) in [4.78, 5) is 38.1. The molecule has 0 aromatic carbocycles. The minimum absolute atomic E-state index is 0.0869. The van der Waals surface area contributed by atoms with Crippen molar-refractivity contribution in [3.63, 3.8) is 0 Å². The SMILES string of the molecule is CCCCCCCC/C=C\C/C=C\C/C=C\CCCC(=O)OC[C@@H](COC(=O)CCCCCCCCCCC/C=C\CCCCCCCC)OC(=O)CCCCCCCCCCCCCC. The summed E-state index contributed by atoms with van der Waals surface area (Å²) in [6, 6.07) is 0. The van der Waals surface area contributed by atoms with Gasteiger partial charge in [0.25, 0.3) is 0 Å². The first-order chi connectivity index (χ1) is 32.5. The predicted octanol–water partition coefficient (Wildman–Crippen LogP) is 19.0. The first kappa shape index (κ1) is 63.4. The molecule has 384 valence electrons. The fourth-order valence-corrected chi connectivity index (χ4v) is 8.22. The van der Waals surface area contributed by atoms with Gasteiger partial charge in [0.15, 0.2) is 6.10 Å². The van der Waals surface area contributed by atoms with Gasteiger partial charge >= 0.3 is 17.9 Å². The van der Waals surface area contributed by atoms with Crippen molar-refractivity contribution in [3.8, 4) is 0 Å². The van der Waals surface area contributed by atoms with Crippen LogP contribution in [0.2, 0.25) is 0 Å². The number of rotatable bonds is 52. The molecule has 0 aliphatic carbocycles. The Balaban J connectivity index is 4.38. The minimum Gasteiger partial charge on any atom is -0.462 e. The molecule has 0 saturated carbocycles. The summed E-state index contributed by atoms with van der Waals surface area (Å²) >= 11 is 0. The van der Waals surface area contributed by atoms with E-state index in [0.29, 0.717) is 25.7 Å². The lowest BCUT2D eigenvalue weighted by atomic mass is 10.0. The number of esters is 3. The molecule has 0 aliphatic rings. The molecule has 0 bridgehead atoms. The van der Waals surface area contributed by atoms with E-state index in [1.165, 1.54) is 193 Å². The van der Waals surface area contributed by atoms with E-state index in [-0.39, 0.29) is 31.1 Å². The van der Waals surface area contributed by atoms with Crippen LogP contribution >= 0.6 is 0 Å². The van der Waals surface area contributed by atoms with Gasteiger partial charge in [-0.1, -0.05) is 249 Å². The summed E-state index contributed by atoms with van der Waals surface area (Å²) in [5.41, 5.74) is 0. The monoisotopic (exact) mass is 925 g/mol. The minimum atomic E-state index is -0.791. The first-order valence-corrected chi connectivity index (χ1v) is 28.6. The molecule has 0 aromatic rings. The molecule has 0 N–H and O–H groups in total. The third kappa shape index (κ3) is 52.3. The zero-order valence-corrected chi connectivity index (χ0v) is 44.0. The van der Waals surface area contributed by atoms with Crippen molar-refractivity contribution >= 4 is 17.9 Å². The molecule has 6 heteroatoms. The average molecular weight is 926 g/mol. The van der Waals surface area contributed by atoms with Crippen molar-refractivity contribution in [3.05, 3.63) is 48.6 Å². The Bertz CT molecular complexity index is 1150. The fourth-order valence-electron chi connectivity index (χ4n) is 8.22. The second-order valence-corrected chi connectivity index (χ2v) is 19.2. The number of unbranched alkanes of at least 4 members (excludes halogenated alkanes) is 33. The molecule has 1 atom stereocenters. The summed E-state index contributed by atoms with van der Waals surface area (Å²) in [7, 11) is 0. The molecular formula is C60H108O6. The standard InChI is InChI=1S/C60H108O6/c1-4-7-10-13-16-19-22-25-27-29-30-32-34-36-39-41-44-47-50-53-59(62)65-56-57(66-60(63)54-51-48-45-42-37-24-21-18-15-12-9-6-3)55-64-58(61)52-49-46-43-40-38-35-33-31-28-26-23-20-17-14-11-8-5-2/h25-28,33,35,40,43,57H,4-24,29-32,34,36-39,41-42,44-56H2,1-3H3/b27-25-,28-26-,35-33-,43-40-/t57-/m0/s1. The molecule has 0 radical (unpaired) electrons. The zero-order valence-electron chi connectivity index (χ0n) is 44.0. The predicted molar refractivity (Wildman–Crippen MR) is 284 cm³/mol. The Morgan fingerprint density at radius 2 is 0.561 bits per heavy atom. The summed E-state index contributed by atoms with van der Waals surface area (Å²) in [5, 5.41) is 0. The van der Waals surface area contributed by atoms with Crippen molar-refractivity contribution in [2.75, 3.05) is 13.2 Å². The van der Waals surface area contributed by atoms with Crippen LogP contribution in [-0.2, 0) is 28.6 Å². The third-order valence-corrected chi connectivity index (χ3v) is 12.6. The summed E-state index contributed by atoms with van der Waals surface area (Å²) in [6.07, 6.45) is 66.8. The molecule has 0 unspecified atom stereocenters. The van der Waals surface area contributed by atoms with Crippen molar-refractivity contribution in [2.45, 2.75) is 303 Å². The smallest absolute Gasteiger partial charge is 0.306 e. The lowest BCUT2D eigenvalue weighted by Gasteiger charge is -2.18. The van der Waals surface area contributed by atoms with Crippen LogP contribution in [0.4, 0.5) is 0 Å². The van der Waals surface area contributed by atoms with E-state index >= 15 is 0 Å². The highest BCUT2D eigenvalue weighted by Gasteiger charge is 2.19. The van der Waals surface area contributed by atoms with Crippen molar-refractivity contribution in [2.24, 2.45) is 0 Å². The van der Waals surface area contributed by atoms with E-state index < -0.39 is 6.10 Å². The zero-order chi connectivity index (χ0) is 47.9. The van der Waals surface area contributed by atoms with Crippen molar-refractivity contribution in [1.82, 2.24) is 0 Å². The Morgan fingerprint density at radius 3 is 0.924 bits per heavy atom. The highest BCUT2D eigenvalue weighted by Crippen LogP contribution is 2.16. The second-order valence-electron chi connectivity index (χ2n) is 19.2. The maximum atomic E-state index is 12.8. The molecule has 0 aliphatic heterocycles. The van der Waals surface area contributed by atoms with Gasteiger partial charge in [-0.2, -0.15) is 0 Å². The first-order valence-electron chi connectivity index (χ1n) is 28.6. The van der Waals surface area contributed by atoms with E-state index in [9.17, 15) is 14.4 Å². The van der Waals surface area contributed by atoms with E-state index in [1.54, 1.807) is 0 Å². The van der Waals surface area contributed by atoms with Crippen LogP contribution in [0, 0.1) is 0 Å². The molecule has 0 rings (SSSR count). The quantitative estimate of drug-likeness (QED) is 0.0262. The number of hydrogen-bond acceptors (Lipinski definition) is 6. The summed E-state index contributed by atoms with van der Waals surface area (Å²) < 4.78 is 16.8. The molecule has 6 nitrogen and oxygen atoms in total. The van der Waals surface area contributed by atoms with Gasteiger partial charge in [-0.3, -0.25) is 14.4 Å². The van der Waals surface area contributed by atoms with E-state index in [0.717, 1.165) is 57.8 Å². The Labute approximate surface area is 409 Å². The molecule has 0 aromatic heterocycles. The fraction of sp³-hybridized carbons (Fsp3) is 0.817. The van der Waals surface area contributed by atoms with Gasteiger partial charge in [0.2, 0.25) is 0 Å². The van der Waals surface area contributed by atoms with Crippen LogP contribution in [0.5, 0.6) is 0 Å². The summed E-state index contributed by atoms with van der Waals surface area (Å²) in [6.45, 7) is 6.61. The highest BCUT2D eigenvalue weighted by molar-refractivity contribution is 5.71. The number of carbonyl (C=O) groups excluding carboxylic acids is 3. The van der Waals surface area contributed by atoms with Gasteiger partial charge in [-0.15, -0.1) is 0 Å². The largest absolute Gasteiger partial charge is 0.462 e. The van der Waals surface area contributed by atoms with Crippen LogP contribution in [0.3, 0.4) is 0 Å². The van der Waals surface area contributed by atoms with Crippen LogP contribution in [0.1, 0.15) is 297 Å². The number of allylic oxidation sites excluding steroid dienone is 8. The number of carbonyl (C=O) groups is 3. The van der Waals surface area contributed by atoms with Gasteiger partial charge in [0, 0.05) is 19.3 Å². The molecular weight excluding hydrogens is 817 g/mol. The van der Waals surface area contributed by atoms with Crippen molar-refractivity contribution < 1.29 is 28.6 Å². The highest BCUT2D eigenvalue weighted by atomic mass is 16.6. The van der Waals surface area contributed by atoms with Gasteiger partial charge in [-0.05, 0) is 77.0 Å². The Kier molecular flexibility index (Phi) is 52.8. The van der Waals surface area contributed by atoms with E-state index in [1.807, 2.05) is 0 Å². The lowest BCUT2D eigenvalue weighted by molar-refractivity contribution is -0.167. The number of hydrogen-bond donors (Lipinski definition) is 0. The lowest BCUT2D eigenvalue weighted by Crippen LogP contribution is -2.30. The molecule has 0 amide bonds.